The molecule has 1 aliphatic heterocycles. The molecular formula is C19H24O4. The van der Waals surface area contributed by atoms with Gasteiger partial charge in [-0.2, -0.15) is 0 Å². The number of hydrogen-bond donors (Lipinski definition) is 1. The maximum Gasteiger partial charge on any atom is 0.306 e. The van der Waals surface area contributed by atoms with Crippen LogP contribution in [0.1, 0.15) is 46.0 Å². The maximum atomic E-state index is 11.8. The summed E-state index contributed by atoms with van der Waals surface area (Å²) in [6.45, 7) is 4.14. The Balaban J connectivity index is 1.73. The lowest BCUT2D eigenvalue weighted by molar-refractivity contribution is -0.209. The summed E-state index contributed by atoms with van der Waals surface area (Å²) in [6, 6.07) is 0. The summed E-state index contributed by atoms with van der Waals surface area (Å²) in [4.78, 5) is 23.5. The Morgan fingerprint density at radius 3 is 2.78 bits per heavy atom. The molecule has 3 fully saturated rings. The fourth-order valence-corrected chi connectivity index (χ4v) is 5.85. The Morgan fingerprint density at radius 1 is 1.22 bits per heavy atom. The first-order chi connectivity index (χ1) is 10.8. The number of hydrogen-bond acceptors (Lipinski definition) is 4. The van der Waals surface area contributed by atoms with Crippen LogP contribution in [-0.2, 0) is 14.3 Å². The molecule has 6 unspecified atom stereocenters. The van der Waals surface area contributed by atoms with Crippen molar-refractivity contribution >= 4 is 11.8 Å². The van der Waals surface area contributed by atoms with Crippen molar-refractivity contribution in [2.45, 2.75) is 57.7 Å². The van der Waals surface area contributed by atoms with Gasteiger partial charge in [-0.1, -0.05) is 18.6 Å². The van der Waals surface area contributed by atoms with Crippen LogP contribution in [-0.4, -0.2) is 28.6 Å². The molecule has 23 heavy (non-hydrogen) atoms. The van der Waals surface area contributed by atoms with E-state index in [0.717, 1.165) is 24.8 Å². The SMILES string of the molecule is CC12CC(O)C3C(CCC4=CC(=O)C=CC43C)C1CCC(=O)O2. The lowest BCUT2D eigenvalue weighted by Crippen LogP contribution is -2.61. The molecular weight excluding hydrogens is 292 g/mol. The zero-order valence-electron chi connectivity index (χ0n) is 13.7. The topological polar surface area (TPSA) is 63.6 Å². The molecule has 0 aromatic heterocycles. The minimum atomic E-state index is -0.540. The first-order valence-electron chi connectivity index (χ1n) is 8.68. The quantitative estimate of drug-likeness (QED) is 0.698. The smallest absolute Gasteiger partial charge is 0.306 e. The van der Waals surface area contributed by atoms with E-state index < -0.39 is 11.7 Å². The number of carbonyl (C=O) groups excluding carboxylic acids is 2. The molecule has 0 bridgehead atoms. The summed E-state index contributed by atoms with van der Waals surface area (Å²) in [7, 11) is 0. The van der Waals surface area contributed by atoms with Crippen molar-refractivity contribution in [1.82, 2.24) is 0 Å². The molecule has 4 aliphatic rings. The Kier molecular flexibility index (Phi) is 3.15. The van der Waals surface area contributed by atoms with Gasteiger partial charge in [0, 0.05) is 30.1 Å². The van der Waals surface area contributed by atoms with Crippen LogP contribution in [0.15, 0.2) is 23.8 Å². The highest BCUT2D eigenvalue weighted by Crippen LogP contribution is 2.60. The van der Waals surface area contributed by atoms with Crippen molar-refractivity contribution in [3.63, 3.8) is 0 Å². The van der Waals surface area contributed by atoms with Gasteiger partial charge in [0.05, 0.1) is 6.10 Å². The van der Waals surface area contributed by atoms with Crippen molar-refractivity contribution in [2.24, 2.45) is 23.2 Å². The summed E-state index contributed by atoms with van der Waals surface area (Å²) in [5, 5.41) is 10.9. The van der Waals surface area contributed by atoms with E-state index in [2.05, 4.69) is 6.92 Å². The Morgan fingerprint density at radius 2 is 2.00 bits per heavy atom. The summed E-state index contributed by atoms with van der Waals surface area (Å²) < 4.78 is 5.70. The molecule has 0 aromatic rings. The molecule has 4 rings (SSSR count). The van der Waals surface area contributed by atoms with Gasteiger partial charge in [0.2, 0.25) is 0 Å². The summed E-state index contributed by atoms with van der Waals surface area (Å²) in [5.74, 6) is 0.648. The first kappa shape index (κ1) is 15.1. The summed E-state index contributed by atoms with van der Waals surface area (Å²) >= 11 is 0. The molecule has 2 saturated carbocycles. The van der Waals surface area contributed by atoms with Crippen LogP contribution in [0.25, 0.3) is 0 Å². The Bertz CT molecular complexity index is 633. The molecule has 0 spiro atoms. The third-order valence-electron chi connectivity index (χ3n) is 6.84. The monoisotopic (exact) mass is 316 g/mol. The summed E-state index contributed by atoms with van der Waals surface area (Å²) in [5.41, 5.74) is 0.363. The van der Waals surface area contributed by atoms with Gasteiger partial charge >= 0.3 is 5.97 Å². The van der Waals surface area contributed by atoms with E-state index in [1.165, 1.54) is 0 Å². The number of fused-ring (bicyclic) bond motifs is 5. The van der Waals surface area contributed by atoms with Crippen LogP contribution in [0.2, 0.25) is 0 Å². The predicted molar refractivity (Wildman–Crippen MR) is 84.4 cm³/mol. The lowest BCUT2D eigenvalue weighted by atomic mass is 9.48. The molecule has 0 aromatic carbocycles. The molecule has 4 heteroatoms. The number of allylic oxidation sites excluding steroid dienone is 4. The van der Waals surface area contributed by atoms with Crippen LogP contribution in [0.3, 0.4) is 0 Å². The van der Waals surface area contributed by atoms with Crippen molar-refractivity contribution in [1.29, 1.82) is 0 Å². The van der Waals surface area contributed by atoms with Gasteiger partial charge in [-0.25, -0.2) is 0 Å². The lowest BCUT2D eigenvalue weighted by Gasteiger charge is -2.59. The Labute approximate surface area is 136 Å². The highest BCUT2D eigenvalue weighted by Gasteiger charge is 2.60. The van der Waals surface area contributed by atoms with Crippen LogP contribution >= 0.6 is 0 Å². The zero-order chi connectivity index (χ0) is 16.4. The molecule has 6 atom stereocenters. The average molecular weight is 316 g/mol. The number of carbonyl (C=O) groups is 2. The van der Waals surface area contributed by atoms with Gasteiger partial charge in [0.25, 0.3) is 0 Å². The first-order valence-corrected chi connectivity index (χ1v) is 8.68. The van der Waals surface area contributed by atoms with Crippen molar-refractivity contribution in [3.8, 4) is 0 Å². The second-order valence-corrected chi connectivity index (χ2v) is 8.12. The van der Waals surface area contributed by atoms with Gasteiger partial charge in [0.1, 0.15) is 5.60 Å². The predicted octanol–water partition coefficient (Wildman–Crippen LogP) is 2.56. The van der Waals surface area contributed by atoms with E-state index >= 15 is 0 Å². The van der Waals surface area contributed by atoms with Gasteiger partial charge < -0.3 is 9.84 Å². The normalized spacial score (nSPS) is 48.7. The number of aliphatic hydroxyl groups is 1. The van der Waals surface area contributed by atoms with E-state index in [1.807, 2.05) is 13.0 Å². The second-order valence-electron chi connectivity index (χ2n) is 8.12. The zero-order valence-corrected chi connectivity index (χ0v) is 13.7. The highest BCUT2D eigenvalue weighted by molar-refractivity contribution is 6.01. The van der Waals surface area contributed by atoms with Crippen LogP contribution in [0.5, 0.6) is 0 Å². The largest absolute Gasteiger partial charge is 0.459 e. The minimum Gasteiger partial charge on any atom is -0.459 e. The molecule has 0 radical (unpaired) electrons. The fraction of sp³-hybridized carbons (Fsp3) is 0.684. The molecule has 1 N–H and O–H groups in total. The molecule has 3 aliphatic carbocycles. The second kappa shape index (κ2) is 4.79. The average Bonchev–Trinajstić information content (AvgIpc) is 2.46. The maximum absolute atomic E-state index is 11.8. The number of rotatable bonds is 0. The van der Waals surface area contributed by atoms with E-state index in [-0.39, 0.29) is 23.1 Å². The van der Waals surface area contributed by atoms with Crippen LogP contribution in [0.4, 0.5) is 0 Å². The van der Waals surface area contributed by atoms with Crippen LogP contribution in [0, 0.1) is 23.2 Å². The molecule has 124 valence electrons. The summed E-state index contributed by atoms with van der Waals surface area (Å²) in [6.07, 6.45) is 8.57. The van der Waals surface area contributed by atoms with E-state index in [0.29, 0.717) is 24.7 Å². The molecule has 4 nitrogen and oxygen atoms in total. The third-order valence-corrected chi connectivity index (χ3v) is 6.84. The van der Waals surface area contributed by atoms with Crippen LogP contribution < -0.4 is 0 Å². The number of esters is 1. The van der Waals surface area contributed by atoms with Gasteiger partial charge in [-0.15, -0.1) is 0 Å². The molecule has 0 amide bonds. The van der Waals surface area contributed by atoms with Gasteiger partial charge in [-0.05, 0) is 44.3 Å². The minimum absolute atomic E-state index is 0.0534. The standard InChI is InChI=1S/C19H24O4/c1-18-8-7-12(20)9-11(18)3-4-13-14-5-6-16(22)23-19(14,2)10-15(21)17(13)18/h7-9,13-15,17,21H,3-6,10H2,1-2H3. The number of aliphatic hydroxyl groups excluding tert-OH is 1. The number of ketones is 1. The Hall–Kier alpha value is -1.42. The van der Waals surface area contributed by atoms with Crippen molar-refractivity contribution in [3.05, 3.63) is 23.8 Å². The van der Waals surface area contributed by atoms with Crippen molar-refractivity contribution < 1.29 is 19.4 Å². The van der Waals surface area contributed by atoms with Gasteiger partial charge in [-0.3, -0.25) is 9.59 Å². The van der Waals surface area contributed by atoms with E-state index in [4.69, 9.17) is 4.74 Å². The third kappa shape index (κ3) is 2.07. The van der Waals surface area contributed by atoms with Gasteiger partial charge in [0.15, 0.2) is 5.78 Å². The van der Waals surface area contributed by atoms with Crippen molar-refractivity contribution in [2.75, 3.05) is 0 Å². The van der Waals surface area contributed by atoms with E-state index in [1.54, 1.807) is 12.2 Å². The number of ether oxygens (including phenoxy) is 1. The molecule has 1 saturated heterocycles. The molecule has 1 heterocycles. The highest BCUT2D eigenvalue weighted by atomic mass is 16.6. The fourth-order valence-electron chi connectivity index (χ4n) is 5.85. The van der Waals surface area contributed by atoms with E-state index in [9.17, 15) is 14.7 Å².